The topological polar surface area (TPSA) is 39.4 Å². The molecule has 0 bridgehead atoms. The van der Waals surface area contributed by atoms with Gasteiger partial charge in [0.05, 0.1) is 3.57 Å². The lowest BCUT2D eigenvalue weighted by atomic mass is 10.0. The van der Waals surface area contributed by atoms with Crippen molar-refractivity contribution in [2.45, 2.75) is 0 Å². The van der Waals surface area contributed by atoms with Crippen LogP contribution in [0, 0.1) is 3.57 Å². The van der Waals surface area contributed by atoms with E-state index < -0.39 is 0 Å². The Morgan fingerprint density at radius 1 is 1.18 bits per heavy atom. The molecule has 0 radical (unpaired) electrons. The monoisotopic (exact) mass is 404 g/mol. The maximum Gasteiger partial charge on any atom is 0.336 e. The van der Waals surface area contributed by atoms with Crippen LogP contribution in [0.15, 0.2) is 70.4 Å². The molecule has 0 amide bonds. The summed E-state index contributed by atoms with van der Waals surface area (Å²) < 4.78 is 11.8. The number of hydrogen-bond donors (Lipinski definition) is 0. The number of halogens is 1. The number of rotatable bonds is 4. The van der Waals surface area contributed by atoms with Gasteiger partial charge >= 0.3 is 5.63 Å². The van der Waals surface area contributed by atoms with Gasteiger partial charge in [0, 0.05) is 11.5 Å². The zero-order valence-corrected chi connectivity index (χ0v) is 13.9. The molecule has 2 aromatic carbocycles. The summed E-state index contributed by atoms with van der Waals surface area (Å²) >= 11 is 2.14. The SMILES string of the molecule is C=CCOc1ccc2c(-c3ccccc3)cc(=O)oc2c1I. The van der Waals surface area contributed by atoms with Gasteiger partial charge in [-0.2, -0.15) is 0 Å². The van der Waals surface area contributed by atoms with E-state index in [9.17, 15) is 4.79 Å². The molecule has 1 aromatic heterocycles. The Morgan fingerprint density at radius 2 is 1.95 bits per heavy atom. The molecule has 110 valence electrons. The van der Waals surface area contributed by atoms with Crippen molar-refractivity contribution < 1.29 is 9.15 Å². The molecule has 0 fully saturated rings. The number of hydrogen-bond acceptors (Lipinski definition) is 3. The second-order valence-electron chi connectivity index (χ2n) is 4.70. The van der Waals surface area contributed by atoms with Crippen LogP contribution in [0.4, 0.5) is 0 Å². The van der Waals surface area contributed by atoms with E-state index in [1.807, 2.05) is 42.5 Å². The van der Waals surface area contributed by atoms with E-state index in [0.717, 1.165) is 20.1 Å². The Balaban J connectivity index is 2.25. The van der Waals surface area contributed by atoms with Crippen LogP contribution in [0.3, 0.4) is 0 Å². The fraction of sp³-hybridized carbons (Fsp3) is 0.0556. The van der Waals surface area contributed by atoms with Gasteiger partial charge in [0.2, 0.25) is 0 Å². The lowest BCUT2D eigenvalue weighted by molar-refractivity contribution is 0.360. The Hall–Kier alpha value is -2.08. The van der Waals surface area contributed by atoms with Crippen molar-refractivity contribution >= 4 is 33.6 Å². The van der Waals surface area contributed by atoms with Crippen molar-refractivity contribution in [1.29, 1.82) is 0 Å². The molecule has 3 rings (SSSR count). The minimum atomic E-state index is -0.370. The molecule has 0 saturated heterocycles. The van der Waals surface area contributed by atoms with Crippen LogP contribution in [-0.2, 0) is 0 Å². The highest BCUT2D eigenvalue weighted by molar-refractivity contribution is 14.1. The van der Waals surface area contributed by atoms with Crippen LogP contribution in [0.2, 0.25) is 0 Å². The van der Waals surface area contributed by atoms with E-state index in [2.05, 4.69) is 29.2 Å². The Labute approximate surface area is 141 Å². The molecule has 0 saturated carbocycles. The van der Waals surface area contributed by atoms with E-state index in [-0.39, 0.29) is 5.63 Å². The van der Waals surface area contributed by atoms with E-state index in [1.54, 1.807) is 6.08 Å². The third kappa shape index (κ3) is 2.78. The minimum Gasteiger partial charge on any atom is -0.488 e. The van der Waals surface area contributed by atoms with Crippen LogP contribution in [0.1, 0.15) is 0 Å². The van der Waals surface area contributed by atoms with Crippen molar-refractivity contribution in [2.24, 2.45) is 0 Å². The normalized spacial score (nSPS) is 10.6. The Kier molecular flexibility index (Phi) is 4.29. The fourth-order valence-electron chi connectivity index (χ4n) is 2.29. The first kappa shape index (κ1) is 14.8. The zero-order valence-electron chi connectivity index (χ0n) is 11.7. The molecule has 0 spiro atoms. The minimum absolute atomic E-state index is 0.370. The second-order valence-corrected chi connectivity index (χ2v) is 5.78. The lowest BCUT2D eigenvalue weighted by Gasteiger charge is -2.10. The quantitative estimate of drug-likeness (QED) is 0.362. The van der Waals surface area contributed by atoms with Gasteiger partial charge in [-0.15, -0.1) is 0 Å². The molecule has 0 atom stereocenters. The van der Waals surface area contributed by atoms with Crippen LogP contribution in [0.5, 0.6) is 5.75 Å². The van der Waals surface area contributed by atoms with Gasteiger partial charge in [-0.3, -0.25) is 0 Å². The van der Waals surface area contributed by atoms with E-state index in [4.69, 9.17) is 9.15 Å². The van der Waals surface area contributed by atoms with E-state index in [1.165, 1.54) is 6.07 Å². The lowest BCUT2D eigenvalue weighted by Crippen LogP contribution is -2.01. The van der Waals surface area contributed by atoms with Crippen LogP contribution >= 0.6 is 22.6 Å². The molecule has 1 heterocycles. The van der Waals surface area contributed by atoms with Crippen molar-refractivity contribution in [1.82, 2.24) is 0 Å². The predicted molar refractivity (Wildman–Crippen MR) is 96.3 cm³/mol. The van der Waals surface area contributed by atoms with E-state index >= 15 is 0 Å². The second kappa shape index (κ2) is 6.36. The van der Waals surface area contributed by atoms with Gasteiger partial charge in [-0.25, -0.2) is 4.79 Å². The van der Waals surface area contributed by atoms with Gasteiger partial charge in [-0.05, 0) is 45.9 Å². The molecule has 22 heavy (non-hydrogen) atoms. The molecule has 0 aliphatic carbocycles. The third-order valence-electron chi connectivity index (χ3n) is 3.26. The van der Waals surface area contributed by atoms with Crippen LogP contribution < -0.4 is 10.4 Å². The summed E-state index contributed by atoms with van der Waals surface area (Å²) in [6, 6.07) is 15.1. The van der Waals surface area contributed by atoms with E-state index in [0.29, 0.717) is 17.9 Å². The molecule has 0 aliphatic heterocycles. The highest BCUT2D eigenvalue weighted by atomic mass is 127. The zero-order chi connectivity index (χ0) is 15.5. The number of ether oxygens (including phenoxy) is 1. The third-order valence-corrected chi connectivity index (χ3v) is 4.28. The van der Waals surface area contributed by atoms with Gasteiger partial charge in [0.25, 0.3) is 0 Å². The first-order chi connectivity index (χ1) is 10.7. The van der Waals surface area contributed by atoms with Gasteiger partial charge in [0.15, 0.2) is 5.58 Å². The molecule has 0 aliphatic rings. The summed E-state index contributed by atoms with van der Waals surface area (Å²) in [5.74, 6) is 0.682. The molecule has 4 heteroatoms. The highest BCUT2D eigenvalue weighted by Gasteiger charge is 2.13. The molecular weight excluding hydrogens is 391 g/mol. The Bertz CT molecular complexity index is 882. The summed E-state index contributed by atoms with van der Waals surface area (Å²) in [5, 5.41) is 0.890. The van der Waals surface area contributed by atoms with Crippen LogP contribution in [0.25, 0.3) is 22.1 Å². The summed E-state index contributed by atoms with van der Waals surface area (Å²) in [7, 11) is 0. The van der Waals surface area contributed by atoms with Gasteiger partial charge < -0.3 is 9.15 Å². The molecule has 3 aromatic rings. The van der Waals surface area contributed by atoms with Crippen molar-refractivity contribution in [2.75, 3.05) is 6.61 Å². The summed E-state index contributed by atoms with van der Waals surface area (Å²) in [6.45, 7) is 4.04. The molecule has 3 nitrogen and oxygen atoms in total. The smallest absolute Gasteiger partial charge is 0.336 e. The highest BCUT2D eigenvalue weighted by Crippen LogP contribution is 2.34. The maximum atomic E-state index is 11.9. The predicted octanol–water partition coefficient (Wildman–Crippen LogP) is 4.63. The summed E-state index contributed by atoms with van der Waals surface area (Å²) in [4.78, 5) is 11.9. The van der Waals surface area contributed by atoms with Crippen molar-refractivity contribution in [3.63, 3.8) is 0 Å². The summed E-state index contributed by atoms with van der Waals surface area (Å²) in [6.07, 6.45) is 1.68. The first-order valence-corrected chi connectivity index (χ1v) is 7.84. The first-order valence-electron chi connectivity index (χ1n) is 6.76. The molecule has 0 unspecified atom stereocenters. The fourth-order valence-corrected chi connectivity index (χ4v) is 3.03. The number of benzene rings is 2. The number of fused-ring (bicyclic) bond motifs is 1. The average molecular weight is 404 g/mol. The largest absolute Gasteiger partial charge is 0.488 e. The Morgan fingerprint density at radius 3 is 2.68 bits per heavy atom. The van der Waals surface area contributed by atoms with Crippen molar-refractivity contribution in [3.8, 4) is 16.9 Å². The molecular formula is C18H13IO3. The van der Waals surface area contributed by atoms with Gasteiger partial charge in [0.1, 0.15) is 12.4 Å². The van der Waals surface area contributed by atoms with Gasteiger partial charge in [-0.1, -0.05) is 43.0 Å². The molecule has 0 N–H and O–H groups in total. The standard InChI is InChI=1S/C18H13IO3/c1-2-10-21-15-9-8-13-14(12-6-4-3-5-7-12)11-16(20)22-18(13)17(15)19/h2-9,11H,1,10H2. The van der Waals surface area contributed by atoms with Crippen molar-refractivity contribution in [3.05, 3.63) is 75.2 Å². The average Bonchev–Trinajstić information content (AvgIpc) is 2.55. The van der Waals surface area contributed by atoms with Crippen LogP contribution in [-0.4, -0.2) is 6.61 Å². The maximum absolute atomic E-state index is 11.9. The summed E-state index contributed by atoms with van der Waals surface area (Å²) in [5.41, 5.74) is 2.02.